The van der Waals surface area contributed by atoms with Gasteiger partial charge in [0.15, 0.2) is 0 Å². The van der Waals surface area contributed by atoms with E-state index >= 15 is 0 Å². The Hall–Kier alpha value is -1.99. The lowest BCUT2D eigenvalue weighted by molar-refractivity contribution is -0.139. The van der Waals surface area contributed by atoms with Crippen LogP contribution in [0.15, 0.2) is 53.0 Å². The number of ether oxygens (including phenoxy) is 1. The van der Waals surface area contributed by atoms with Crippen LogP contribution in [0.3, 0.4) is 0 Å². The molecule has 2 rings (SSSR count). The standard InChI is InChI=1S/C24H31BrN2O3S/c1-5-22(24(29)26-17(2)3)27(14-19-7-6-8-21(13-19)30-4)23(28)16-31-15-18-9-11-20(25)12-10-18/h6-13,17,22H,5,14-16H2,1-4H3,(H,26,29)/t22-/m1/s1. The summed E-state index contributed by atoms with van der Waals surface area (Å²) in [4.78, 5) is 27.7. The summed E-state index contributed by atoms with van der Waals surface area (Å²) in [5.74, 6) is 1.61. The SMILES string of the molecule is CC[C@H](C(=O)NC(C)C)N(Cc1cccc(OC)c1)C(=O)CSCc1ccc(Br)cc1. The molecule has 0 saturated carbocycles. The molecule has 0 aliphatic rings. The van der Waals surface area contributed by atoms with Gasteiger partial charge in [0.1, 0.15) is 11.8 Å². The van der Waals surface area contributed by atoms with Gasteiger partial charge in [0, 0.05) is 22.8 Å². The topological polar surface area (TPSA) is 58.6 Å². The normalized spacial score (nSPS) is 11.8. The Labute approximate surface area is 198 Å². The molecule has 1 N–H and O–H groups in total. The van der Waals surface area contributed by atoms with Gasteiger partial charge in [0.05, 0.1) is 12.9 Å². The number of methoxy groups -OCH3 is 1. The predicted molar refractivity (Wildman–Crippen MR) is 131 cm³/mol. The first-order chi connectivity index (χ1) is 14.8. The lowest BCUT2D eigenvalue weighted by atomic mass is 10.1. The minimum Gasteiger partial charge on any atom is -0.497 e. The van der Waals surface area contributed by atoms with E-state index in [4.69, 9.17) is 4.74 Å². The molecule has 2 amide bonds. The van der Waals surface area contributed by atoms with Gasteiger partial charge in [-0.05, 0) is 55.7 Å². The van der Waals surface area contributed by atoms with Gasteiger partial charge in [-0.1, -0.05) is 47.1 Å². The minimum atomic E-state index is -0.519. The Kier molecular flexibility index (Phi) is 10.4. The van der Waals surface area contributed by atoms with Crippen LogP contribution in [0.4, 0.5) is 0 Å². The number of nitrogens with one attached hydrogen (secondary N) is 1. The van der Waals surface area contributed by atoms with Gasteiger partial charge < -0.3 is 15.0 Å². The molecule has 0 aliphatic carbocycles. The lowest BCUT2D eigenvalue weighted by Gasteiger charge is -2.31. The van der Waals surface area contributed by atoms with E-state index in [0.29, 0.717) is 18.7 Å². The number of benzene rings is 2. The molecule has 0 bridgehead atoms. The fraction of sp³-hybridized carbons (Fsp3) is 0.417. The fourth-order valence-corrected chi connectivity index (χ4v) is 4.32. The molecule has 31 heavy (non-hydrogen) atoms. The third kappa shape index (κ3) is 8.22. The van der Waals surface area contributed by atoms with Gasteiger partial charge in [-0.25, -0.2) is 0 Å². The predicted octanol–water partition coefficient (Wildman–Crippen LogP) is 5.02. The molecule has 168 valence electrons. The smallest absolute Gasteiger partial charge is 0.243 e. The maximum atomic E-state index is 13.2. The van der Waals surface area contributed by atoms with Crippen molar-refractivity contribution in [2.24, 2.45) is 0 Å². The molecule has 5 nitrogen and oxygen atoms in total. The van der Waals surface area contributed by atoms with E-state index in [-0.39, 0.29) is 17.9 Å². The van der Waals surface area contributed by atoms with Crippen LogP contribution in [0.2, 0.25) is 0 Å². The average molecular weight is 507 g/mol. The minimum absolute atomic E-state index is 0.0158. The zero-order chi connectivity index (χ0) is 22.8. The van der Waals surface area contributed by atoms with Crippen LogP contribution in [0.5, 0.6) is 5.75 Å². The zero-order valence-corrected chi connectivity index (χ0v) is 21.0. The van der Waals surface area contributed by atoms with Crippen molar-refractivity contribution in [2.75, 3.05) is 12.9 Å². The highest BCUT2D eigenvalue weighted by Gasteiger charge is 2.28. The molecule has 2 aromatic carbocycles. The molecule has 0 aliphatic heterocycles. The molecule has 0 spiro atoms. The maximum absolute atomic E-state index is 13.2. The molecular formula is C24H31BrN2O3S. The van der Waals surface area contributed by atoms with Crippen molar-refractivity contribution < 1.29 is 14.3 Å². The highest BCUT2D eigenvalue weighted by Crippen LogP contribution is 2.20. The van der Waals surface area contributed by atoms with E-state index in [0.717, 1.165) is 27.1 Å². The van der Waals surface area contributed by atoms with Crippen molar-refractivity contribution >= 4 is 39.5 Å². The maximum Gasteiger partial charge on any atom is 0.243 e. The Balaban J connectivity index is 2.14. The second-order valence-electron chi connectivity index (χ2n) is 7.58. The third-order valence-electron chi connectivity index (χ3n) is 4.71. The fourth-order valence-electron chi connectivity index (χ4n) is 3.19. The molecule has 2 aromatic rings. The number of hydrogen-bond acceptors (Lipinski definition) is 4. The lowest BCUT2D eigenvalue weighted by Crippen LogP contribution is -2.50. The van der Waals surface area contributed by atoms with Crippen LogP contribution in [0, 0.1) is 0 Å². The number of amides is 2. The molecule has 0 heterocycles. The van der Waals surface area contributed by atoms with E-state index < -0.39 is 6.04 Å². The van der Waals surface area contributed by atoms with Crippen molar-refractivity contribution in [1.29, 1.82) is 0 Å². The summed E-state index contributed by atoms with van der Waals surface area (Å²) in [7, 11) is 1.62. The van der Waals surface area contributed by atoms with Gasteiger partial charge >= 0.3 is 0 Å². The summed E-state index contributed by atoms with van der Waals surface area (Å²) in [5, 5.41) is 2.96. The summed E-state index contributed by atoms with van der Waals surface area (Å²) in [6, 6.07) is 15.2. The molecule has 0 unspecified atom stereocenters. The molecular weight excluding hydrogens is 476 g/mol. The summed E-state index contributed by atoms with van der Waals surface area (Å²) in [6.45, 7) is 6.14. The number of carbonyl (C=O) groups excluding carboxylic acids is 2. The Bertz CT molecular complexity index is 858. The molecule has 0 fully saturated rings. The van der Waals surface area contributed by atoms with E-state index in [9.17, 15) is 9.59 Å². The number of thioether (sulfide) groups is 1. The quantitative estimate of drug-likeness (QED) is 0.464. The van der Waals surface area contributed by atoms with Crippen LogP contribution < -0.4 is 10.1 Å². The van der Waals surface area contributed by atoms with Crippen molar-refractivity contribution in [3.63, 3.8) is 0 Å². The number of rotatable bonds is 11. The van der Waals surface area contributed by atoms with Gasteiger partial charge in [0.25, 0.3) is 0 Å². The Morgan fingerprint density at radius 1 is 1.13 bits per heavy atom. The summed E-state index contributed by atoms with van der Waals surface area (Å²) in [5.41, 5.74) is 2.09. The summed E-state index contributed by atoms with van der Waals surface area (Å²) < 4.78 is 6.35. The van der Waals surface area contributed by atoms with Crippen LogP contribution in [0.1, 0.15) is 38.3 Å². The van der Waals surface area contributed by atoms with E-state index in [2.05, 4.69) is 21.2 Å². The highest BCUT2D eigenvalue weighted by atomic mass is 79.9. The van der Waals surface area contributed by atoms with Crippen LogP contribution in [-0.4, -0.2) is 41.7 Å². The van der Waals surface area contributed by atoms with E-state index in [1.54, 1.807) is 23.8 Å². The monoisotopic (exact) mass is 506 g/mol. The van der Waals surface area contributed by atoms with Gasteiger partial charge in [-0.15, -0.1) is 11.8 Å². The molecule has 0 radical (unpaired) electrons. The van der Waals surface area contributed by atoms with Crippen molar-refractivity contribution in [1.82, 2.24) is 10.2 Å². The Morgan fingerprint density at radius 2 is 1.84 bits per heavy atom. The van der Waals surface area contributed by atoms with Crippen molar-refractivity contribution in [3.05, 3.63) is 64.1 Å². The number of halogens is 1. The van der Waals surface area contributed by atoms with E-state index in [1.165, 1.54) is 0 Å². The highest BCUT2D eigenvalue weighted by molar-refractivity contribution is 9.10. The second kappa shape index (κ2) is 12.8. The number of carbonyl (C=O) groups is 2. The Morgan fingerprint density at radius 3 is 2.45 bits per heavy atom. The largest absolute Gasteiger partial charge is 0.497 e. The molecule has 7 heteroatoms. The van der Waals surface area contributed by atoms with Gasteiger partial charge in [0.2, 0.25) is 11.8 Å². The van der Waals surface area contributed by atoms with Crippen molar-refractivity contribution in [3.8, 4) is 5.75 Å². The number of hydrogen-bond donors (Lipinski definition) is 1. The second-order valence-corrected chi connectivity index (χ2v) is 9.48. The van der Waals surface area contributed by atoms with Crippen LogP contribution in [0.25, 0.3) is 0 Å². The molecule has 0 saturated heterocycles. The number of nitrogens with zero attached hydrogens (tertiary/aromatic N) is 1. The average Bonchev–Trinajstić information content (AvgIpc) is 2.74. The third-order valence-corrected chi connectivity index (χ3v) is 6.23. The van der Waals surface area contributed by atoms with Gasteiger partial charge in [-0.3, -0.25) is 9.59 Å². The van der Waals surface area contributed by atoms with E-state index in [1.807, 2.05) is 69.3 Å². The van der Waals surface area contributed by atoms with Crippen molar-refractivity contribution in [2.45, 2.75) is 51.6 Å². The zero-order valence-electron chi connectivity index (χ0n) is 18.6. The van der Waals surface area contributed by atoms with Gasteiger partial charge in [-0.2, -0.15) is 0 Å². The van der Waals surface area contributed by atoms with Crippen LogP contribution in [-0.2, 0) is 21.9 Å². The first-order valence-corrected chi connectivity index (χ1v) is 12.3. The summed E-state index contributed by atoms with van der Waals surface area (Å²) >= 11 is 4.99. The van der Waals surface area contributed by atoms with Crippen LogP contribution >= 0.6 is 27.7 Å². The summed E-state index contributed by atoms with van der Waals surface area (Å²) in [6.07, 6.45) is 0.547. The molecule has 1 atom stereocenters. The molecule has 0 aromatic heterocycles. The first-order valence-electron chi connectivity index (χ1n) is 10.4. The first kappa shape index (κ1) is 25.3.